The van der Waals surface area contributed by atoms with Gasteiger partial charge in [-0.05, 0) is 32.0 Å². The second kappa shape index (κ2) is 5.18. The van der Waals surface area contributed by atoms with Crippen LogP contribution < -0.4 is 4.74 Å². The van der Waals surface area contributed by atoms with Crippen molar-refractivity contribution in [3.63, 3.8) is 0 Å². The quantitative estimate of drug-likeness (QED) is 0.674. The number of hydrogen-bond donors (Lipinski definition) is 0. The zero-order chi connectivity index (χ0) is 16.8. The minimum atomic E-state index is -4.81. The van der Waals surface area contributed by atoms with Gasteiger partial charge in [-0.15, -0.1) is 0 Å². The average molecular weight is 326 g/mol. The molecule has 0 aliphatic heterocycles. The van der Waals surface area contributed by atoms with Crippen LogP contribution in [0.5, 0.6) is 11.6 Å². The summed E-state index contributed by atoms with van der Waals surface area (Å²) in [5.74, 6) is -1.10. The fraction of sp³-hybridized carbons (Fsp3) is 0.214. The molecular weight excluding hydrogens is 316 g/mol. The Kier molecular flexibility index (Phi) is 3.42. The van der Waals surface area contributed by atoms with E-state index in [1.807, 2.05) is 0 Å². The predicted octanol–water partition coefficient (Wildman–Crippen LogP) is 3.69. The number of benzene rings is 1. The molecule has 0 aliphatic rings. The van der Waals surface area contributed by atoms with E-state index < -0.39 is 17.6 Å². The number of hydrogen-bond acceptors (Lipinski definition) is 4. The van der Waals surface area contributed by atoms with E-state index >= 15 is 0 Å². The molecule has 0 unspecified atom stereocenters. The van der Waals surface area contributed by atoms with Crippen molar-refractivity contribution in [1.82, 2.24) is 19.6 Å². The lowest BCUT2D eigenvalue weighted by molar-refractivity contribution is -0.140. The van der Waals surface area contributed by atoms with Gasteiger partial charge in [0.15, 0.2) is 0 Å². The highest BCUT2D eigenvalue weighted by Crippen LogP contribution is 2.35. The highest BCUT2D eigenvalue weighted by molar-refractivity contribution is 5.42. The zero-order valence-electron chi connectivity index (χ0n) is 12.0. The molecule has 0 atom stereocenters. The Morgan fingerprint density at radius 2 is 1.91 bits per heavy atom. The molecule has 3 aromatic rings. The molecule has 0 saturated heterocycles. The number of ether oxygens (including phenoxy) is 1. The number of rotatable bonds is 2. The maximum absolute atomic E-state index is 13.3. The Balaban J connectivity index is 2.10. The van der Waals surface area contributed by atoms with Gasteiger partial charge in [0.2, 0.25) is 5.88 Å². The van der Waals surface area contributed by atoms with Gasteiger partial charge >= 0.3 is 6.18 Å². The first-order valence-electron chi connectivity index (χ1n) is 6.49. The molecule has 5 nitrogen and oxygen atoms in total. The van der Waals surface area contributed by atoms with Crippen LogP contribution in [0, 0.1) is 19.7 Å². The highest BCUT2D eigenvalue weighted by atomic mass is 19.4. The highest BCUT2D eigenvalue weighted by Gasteiger charge is 2.34. The third-order valence-electron chi connectivity index (χ3n) is 3.31. The molecule has 1 aromatic carbocycles. The molecule has 0 aliphatic carbocycles. The van der Waals surface area contributed by atoms with Crippen LogP contribution >= 0.6 is 0 Å². The molecule has 2 aromatic heterocycles. The molecule has 120 valence electrons. The summed E-state index contributed by atoms with van der Waals surface area (Å²) in [7, 11) is 0. The normalized spacial score (nSPS) is 11.9. The second-order valence-corrected chi connectivity index (χ2v) is 4.84. The van der Waals surface area contributed by atoms with Gasteiger partial charge in [0.1, 0.15) is 17.9 Å². The van der Waals surface area contributed by atoms with Crippen molar-refractivity contribution >= 4 is 5.78 Å². The van der Waals surface area contributed by atoms with Crippen LogP contribution in [0.2, 0.25) is 0 Å². The van der Waals surface area contributed by atoms with Crippen LogP contribution in [0.1, 0.15) is 16.8 Å². The van der Waals surface area contributed by atoms with Gasteiger partial charge in [0, 0.05) is 11.3 Å². The van der Waals surface area contributed by atoms with Gasteiger partial charge in [0.05, 0.1) is 5.56 Å². The van der Waals surface area contributed by atoms with Crippen LogP contribution in [0.3, 0.4) is 0 Å². The van der Waals surface area contributed by atoms with E-state index in [0.29, 0.717) is 23.4 Å². The topological polar surface area (TPSA) is 52.3 Å². The summed E-state index contributed by atoms with van der Waals surface area (Å²) in [5, 5.41) is 3.93. The van der Waals surface area contributed by atoms with Gasteiger partial charge in [-0.1, -0.05) is 0 Å². The van der Waals surface area contributed by atoms with Crippen molar-refractivity contribution < 1.29 is 22.3 Å². The van der Waals surface area contributed by atoms with E-state index in [2.05, 4.69) is 15.1 Å². The third-order valence-corrected chi connectivity index (χ3v) is 3.31. The van der Waals surface area contributed by atoms with Crippen LogP contribution in [0.25, 0.3) is 5.78 Å². The van der Waals surface area contributed by atoms with E-state index in [-0.39, 0.29) is 17.4 Å². The minimum Gasteiger partial charge on any atom is -0.438 e. The SMILES string of the molecule is Cc1nc2ncnn2c(Oc2ccc(F)c(C(F)(F)F)c2)c1C. The minimum absolute atomic E-state index is 0.163. The molecule has 23 heavy (non-hydrogen) atoms. The van der Waals surface area contributed by atoms with E-state index in [1.54, 1.807) is 13.8 Å². The molecule has 0 fully saturated rings. The Morgan fingerprint density at radius 1 is 1.17 bits per heavy atom. The maximum Gasteiger partial charge on any atom is 0.419 e. The van der Waals surface area contributed by atoms with Crippen molar-refractivity contribution in [2.45, 2.75) is 20.0 Å². The van der Waals surface area contributed by atoms with E-state index in [1.165, 1.54) is 10.8 Å². The lowest BCUT2D eigenvalue weighted by Crippen LogP contribution is -2.09. The van der Waals surface area contributed by atoms with Gasteiger partial charge in [-0.3, -0.25) is 0 Å². The molecular formula is C14H10F4N4O. The number of alkyl halides is 3. The van der Waals surface area contributed by atoms with Crippen molar-refractivity contribution in [3.8, 4) is 11.6 Å². The summed E-state index contributed by atoms with van der Waals surface area (Å²) >= 11 is 0. The summed E-state index contributed by atoms with van der Waals surface area (Å²) in [5.41, 5.74) is -0.215. The molecule has 0 amide bonds. The Labute approximate surface area is 127 Å². The first-order chi connectivity index (χ1) is 10.8. The molecule has 0 saturated carbocycles. The second-order valence-electron chi connectivity index (χ2n) is 4.84. The monoisotopic (exact) mass is 326 g/mol. The molecule has 0 radical (unpaired) electrons. The van der Waals surface area contributed by atoms with Gasteiger partial charge in [-0.2, -0.15) is 27.8 Å². The molecule has 0 bridgehead atoms. The molecule has 9 heteroatoms. The smallest absolute Gasteiger partial charge is 0.419 e. The Bertz CT molecular complexity index is 888. The lowest BCUT2D eigenvalue weighted by Gasteiger charge is -2.13. The number of fused-ring (bicyclic) bond motifs is 1. The third kappa shape index (κ3) is 2.69. The van der Waals surface area contributed by atoms with Crippen molar-refractivity contribution in [2.24, 2.45) is 0 Å². The Hall–Kier alpha value is -2.71. The van der Waals surface area contributed by atoms with E-state index in [0.717, 1.165) is 6.07 Å². The number of aryl methyl sites for hydroxylation is 1. The molecule has 0 spiro atoms. The summed E-state index contributed by atoms with van der Waals surface area (Å²) in [6.45, 7) is 3.40. The summed E-state index contributed by atoms with van der Waals surface area (Å²) in [4.78, 5) is 8.09. The fourth-order valence-electron chi connectivity index (χ4n) is 2.02. The zero-order valence-corrected chi connectivity index (χ0v) is 12.0. The summed E-state index contributed by atoms with van der Waals surface area (Å²) in [6.07, 6.45) is -3.56. The van der Waals surface area contributed by atoms with Crippen LogP contribution in [-0.4, -0.2) is 19.6 Å². The first kappa shape index (κ1) is 15.2. The van der Waals surface area contributed by atoms with Gasteiger partial charge < -0.3 is 4.74 Å². The number of aromatic nitrogens is 4. The molecule has 0 N–H and O–H groups in total. The van der Waals surface area contributed by atoms with Crippen LogP contribution in [0.15, 0.2) is 24.5 Å². The predicted molar refractivity (Wildman–Crippen MR) is 71.7 cm³/mol. The maximum atomic E-state index is 13.3. The summed E-state index contributed by atoms with van der Waals surface area (Å²) < 4.78 is 58.5. The van der Waals surface area contributed by atoms with E-state index in [9.17, 15) is 17.6 Å². The lowest BCUT2D eigenvalue weighted by atomic mass is 10.2. The van der Waals surface area contributed by atoms with Crippen LogP contribution in [-0.2, 0) is 6.18 Å². The Morgan fingerprint density at radius 3 is 2.61 bits per heavy atom. The molecule has 2 heterocycles. The fourth-order valence-corrected chi connectivity index (χ4v) is 2.02. The number of halogens is 4. The van der Waals surface area contributed by atoms with Gasteiger partial charge in [0.25, 0.3) is 5.78 Å². The largest absolute Gasteiger partial charge is 0.438 e. The summed E-state index contributed by atoms with van der Waals surface area (Å²) in [6, 6.07) is 2.43. The first-order valence-corrected chi connectivity index (χ1v) is 6.49. The van der Waals surface area contributed by atoms with Crippen molar-refractivity contribution in [3.05, 3.63) is 47.2 Å². The molecule has 3 rings (SSSR count). The van der Waals surface area contributed by atoms with Crippen molar-refractivity contribution in [2.75, 3.05) is 0 Å². The average Bonchev–Trinajstić information content (AvgIpc) is 2.92. The van der Waals surface area contributed by atoms with Gasteiger partial charge in [-0.25, -0.2) is 9.37 Å². The number of nitrogens with zero attached hydrogens (tertiary/aromatic N) is 4. The van der Waals surface area contributed by atoms with Crippen molar-refractivity contribution in [1.29, 1.82) is 0 Å². The van der Waals surface area contributed by atoms with Crippen LogP contribution in [0.4, 0.5) is 17.6 Å². The standard InChI is InChI=1S/C14H10F4N4O/c1-7-8(2)21-13-19-6-20-22(13)12(7)23-9-3-4-11(15)10(5-9)14(16,17)18/h3-6H,1-2H3. The van der Waals surface area contributed by atoms with E-state index in [4.69, 9.17) is 4.74 Å².